The minimum absolute atomic E-state index is 0. The Balaban J connectivity index is 0.000000440. The van der Waals surface area contributed by atoms with E-state index in [0.29, 0.717) is 5.13 Å². The summed E-state index contributed by atoms with van der Waals surface area (Å²) in [6.45, 7) is 11.0. The lowest BCUT2D eigenvalue weighted by atomic mass is 10.0. The van der Waals surface area contributed by atoms with Crippen LogP contribution in [0.2, 0.25) is 0 Å². The van der Waals surface area contributed by atoms with Crippen molar-refractivity contribution in [2.45, 2.75) is 47.5 Å². The molecule has 6 heteroatoms. The normalized spacial score (nSPS) is 22.7. The number of thiazole rings is 1. The number of anilines is 2. The third-order valence-corrected chi connectivity index (χ3v) is 5.48. The maximum Gasteiger partial charge on any atom is 0.208 e. The number of likely N-dealkylation sites (tertiary alicyclic amines) is 1. The Kier molecular flexibility index (Phi) is 8.94. The zero-order valence-corrected chi connectivity index (χ0v) is 15.2. The molecule has 0 unspecified atom stereocenters. The first kappa shape index (κ1) is 20.6. The molecule has 1 aromatic heterocycles. The molecule has 1 aromatic rings. The molecule has 2 fully saturated rings. The summed E-state index contributed by atoms with van der Waals surface area (Å²) in [4.78, 5) is 8.56. The maximum absolute atomic E-state index is 8.63. The highest BCUT2D eigenvalue weighted by atomic mass is 32.1. The Hall–Kier alpha value is -1.45. The molecule has 2 aliphatic heterocycles. The van der Waals surface area contributed by atoms with E-state index in [1.54, 1.807) is 0 Å². The Morgan fingerprint density at radius 2 is 1.88 bits per heavy atom. The summed E-state index contributed by atoms with van der Waals surface area (Å²) in [5.74, 6) is 4.57. The van der Waals surface area contributed by atoms with Crippen LogP contribution in [0.3, 0.4) is 0 Å². The number of piperidine rings is 1. The lowest BCUT2D eigenvalue weighted by molar-refractivity contribution is 0.388. The Bertz CT molecular complexity index is 527. The van der Waals surface area contributed by atoms with Gasteiger partial charge in [0.1, 0.15) is 5.00 Å². The third kappa shape index (κ3) is 5.88. The molecule has 0 aromatic carbocycles. The molecule has 3 heterocycles. The van der Waals surface area contributed by atoms with Crippen molar-refractivity contribution in [2.75, 3.05) is 36.6 Å². The lowest BCUT2D eigenvalue weighted by Gasteiger charge is -2.26. The molecule has 2 atom stereocenters. The first-order chi connectivity index (χ1) is 11.1. The summed E-state index contributed by atoms with van der Waals surface area (Å²) in [6, 6.07) is 3.09. The van der Waals surface area contributed by atoms with E-state index >= 15 is 0 Å². The molecule has 2 N–H and O–H groups in total. The van der Waals surface area contributed by atoms with E-state index in [1.165, 1.54) is 30.6 Å². The molecule has 0 spiro atoms. The van der Waals surface area contributed by atoms with Crippen LogP contribution in [0.5, 0.6) is 0 Å². The van der Waals surface area contributed by atoms with Gasteiger partial charge in [0.2, 0.25) is 5.13 Å². The number of hydrogen-bond acceptors (Lipinski definition) is 6. The number of rotatable bonds is 2. The quantitative estimate of drug-likeness (QED) is 0.610. The molecular formula is C18H34N4OS. The van der Waals surface area contributed by atoms with Crippen molar-refractivity contribution >= 4 is 21.5 Å². The van der Waals surface area contributed by atoms with Gasteiger partial charge in [0, 0.05) is 33.7 Å². The standard InChI is InChI=1S/C9H15N.C8H13N3OS.CH4.H2/c1-4-5-10-6-8(2)9(3)7-10;12-10-8-9-6-7(13-8)11-4-2-1-3-5-11;;/h8-9H,6-7H2,1-3H3;6,12H,1-5H2,(H,9,10);1H4;1H/t8-,9-;;;/m1.../s1. The fourth-order valence-electron chi connectivity index (χ4n) is 2.96. The van der Waals surface area contributed by atoms with Gasteiger partial charge in [0.15, 0.2) is 0 Å². The van der Waals surface area contributed by atoms with Gasteiger partial charge in [-0.1, -0.05) is 38.5 Å². The predicted octanol–water partition coefficient (Wildman–Crippen LogP) is 4.37. The van der Waals surface area contributed by atoms with Gasteiger partial charge in [0.25, 0.3) is 0 Å². The number of nitrogens with one attached hydrogen (secondary N) is 1. The van der Waals surface area contributed by atoms with E-state index in [-0.39, 0.29) is 8.85 Å². The Morgan fingerprint density at radius 1 is 1.25 bits per heavy atom. The Morgan fingerprint density at radius 3 is 2.38 bits per heavy atom. The topological polar surface area (TPSA) is 51.6 Å². The monoisotopic (exact) mass is 354 g/mol. The van der Waals surface area contributed by atoms with Gasteiger partial charge in [-0.15, -0.1) is 0 Å². The molecule has 5 nitrogen and oxygen atoms in total. The zero-order valence-electron chi connectivity index (χ0n) is 14.4. The maximum atomic E-state index is 8.63. The van der Waals surface area contributed by atoms with Crippen LogP contribution in [0.25, 0.3) is 0 Å². The van der Waals surface area contributed by atoms with Crippen molar-refractivity contribution in [3.05, 3.63) is 6.20 Å². The second kappa shape index (κ2) is 10.4. The van der Waals surface area contributed by atoms with Crippen LogP contribution in [0.1, 0.15) is 48.9 Å². The molecule has 0 aliphatic carbocycles. The van der Waals surface area contributed by atoms with Crippen LogP contribution in [0, 0.1) is 23.8 Å². The van der Waals surface area contributed by atoms with Crippen molar-refractivity contribution in [1.82, 2.24) is 9.88 Å². The first-order valence-electron chi connectivity index (χ1n) is 8.42. The van der Waals surface area contributed by atoms with Gasteiger partial charge >= 0.3 is 0 Å². The average Bonchev–Trinajstić information content (AvgIpc) is 3.16. The van der Waals surface area contributed by atoms with Gasteiger partial charge in [-0.05, 0) is 38.0 Å². The molecule has 3 rings (SSSR count). The molecular weight excluding hydrogens is 320 g/mol. The van der Waals surface area contributed by atoms with E-state index in [1.807, 2.05) is 13.1 Å². The molecule has 0 radical (unpaired) electrons. The zero-order chi connectivity index (χ0) is 16.7. The minimum atomic E-state index is 0. The van der Waals surface area contributed by atoms with Gasteiger partial charge in [-0.2, -0.15) is 0 Å². The third-order valence-electron chi connectivity index (χ3n) is 4.51. The smallest absolute Gasteiger partial charge is 0.208 e. The van der Waals surface area contributed by atoms with E-state index < -0.39 is 0 Å². The van der Waals surface area contributed by atoms with Crippen LogP contribution >= 0.6 is 11.3 Å². The Labute approximate surface area is 152 Å². The molecule has 0 amide bonds. The van der Waals surface area contributed by atoms with Crippen molar-refractivity contribution in [3.63, 3.8) is 0 Å². The molecule has 24 heavy (non-hydrogen) atoms. The van der Waals surface area contributed by atoms with E-state index in [9.17, 15) is 0 Å². The van der Waals surface area contributed by atoms with Crippen molar-refractivity contribution in [1.29, 1.82) is 0 Å². The summed E-state index contributed by atoms with van der Waals surface area (Å²) in [5.41, 5.74) is 2.07. The largest absolute Gasteiger partial charge is 0.362 e. The molecule has 0 bridgehead atoms. The van der Waals surface area contributed by atoms with Crippen LogP contribution < -0.4 is 10.4 Å². The summed E-state index contributed by atoms with van der Waals surface area (Å²) in [5, 5.41) is 10.3. The van der Waals surface area contributed by atoms with Crippen LogP contribution in [0.15, 0.2) is 6.20 Å². The highest BCUT2D eigenvalue weighted by molar-refractivity contribution is 7.19. The summed E-state index contributed by atoms with van der Waals surface area (Å²) in [7, 11) is 0. The van der Waals surface area contributed by atoms with Crippen LogP contribution in [0.4, 0.5) is 10.1 Å². The van der Waals surface area contributed by atoms with E-state index in [0.717, 1.165) is 43.0 Å². The summed E-state index contributed by atoms with van der Waals surface area (Å²) in [6.07, 6.45) is 5.68. The molecule has 138 valence electrons. The first-order valence-corrected chi connectivity index (χ1v) is 9.24. The average molecular weight is 355 g/mol. The van der Waals surface area contributed by atoms with Crippen LogP contribution in [-0.2, 0) is 0 Å². The van der Waals surface area contributed by atoms with Gasteiger partial charge in [-0.25, -0.2) is 10.5 Å². The predicted molar refractivity (Wildman–Crippen MR) is 106 cm³/mol. The number of aromatic nitrogens is 1. The molecule has 0 saturated carbocycles. The van der Waals surface area contributed by atoms with E-state index in [4.69, 9.17) is 5.21 Å². The second-order valence-corrected chi connectivity index (χ2v) is 7.39. The summed E-state index contributed by atoms with van der Waals surface area (Å²) >= 11 is 1.49. The van der Waals surface area contributed by atoms with Gasteiger partial charge in [0.05, 0.1) is 6.20 Å². The second-order valence-electron chi connectivity index (χ2n) is 6.38. The highest BCUT2D eigenvalue weighted by Gasteiger charge is 2.23. The van der Waals surface area contributed by atoms with E-state index in [2.05, 4.69) is 46.1 Å². The number of hydrogen-bond donors (Lipinski definition) is 2. The fraction of sp³-hybridized carbons (Fsp3) is 0.722. The van der Waals surface area contributed by atoms with Gasteiger partial charge in [-0.3, -0.25) is 5.21 Å². The lowest BCUT2D eigenvalue weighted by Crippen LogP contribution is -2.28. The molecule has 2 saturated heterocycles. The fourth-order valence-corrected chi connectivity index (χ4v) is 3.72. The molecule has 2 aliphatic rings. The van der Waals surface area contributed by atoms with Crippen molar-refractivity contribution < 1.29 is 6.63 Å². The minimum Gasteiger partial charge on any atom is -0.362 e. The van der Waals surface area contributed by atoms with Gasteiger partial charge < -0.3 is 9.80 Å². The number of nitrogens with zero attached hydrogens (tertiary/aromatic N) is 3. The SMILES string of the molecule is C.CC#CN1C[C@@H](C)[C@H](C)C1.ONc1ncc(N2CCCCC2)s1.[HH]. The summed E-state index contributed by atoms with van der Waals surface area (Å²) < 4.78 is 0. The highest BCUT2D eigenvalue weighted by Crippen LogP contribution is 2.28. The van der Waals surface area contributed by atoms with Crippen molar-refractivity contribution in [3.8, 4) is 12.0 Å². The van der Waals surface area contributed by atoms with Crippen LogP contribution in [-0.4, -0.2) is 41.3 Å². The van der Waals surface area contributed by atoms with Crippen molar-refractivity contribution in [2.24, 2.45) is 11.8 Å².